The smallest absolute Gasteiger partial charge is 0.257 e. The zero-order valence-electron chi connectivity index (χ0n) is 8.10. The number of fused-ring (bicyclic) bond motifs is 1. The van der Waals surface area contributed by atoms with Crippen LogP contribution in [0.3, 0.4) is 0 Å². The van der Waals surface area contributed by atoms with Gasteiger partial charge in [-0.2, -0.15) is 0 Å². The Bertz CT molecular complexity index is 486. The first-order valence-corrected chi connectivity index (χ1v) is 6.80. The van der Waals surface area contributed by atoms with Gasteiger partial charge < -0.3 is 0 Å². The van der Waals surface area contributed by atoms with Crippen molar-refractivity contribution in [2.75, 3.05) is 17.3 Å². The molecule has 0 saturated carbocycles. The van der Waals surface area contributed by atoms with E-state index in [4.69, 9.17) is 4.84 Å². The number of sulfonamides is 1. The number of hydrogen-bond acceptors (Lipinski definition) is 3. The largest absolute Gasteiger partial charge is 0.262 e. The lowest BCUT2D eigenvalue weighted by Crippen LogP contribution is -2.36. The van der Waals surface area contributed by atoms with E-state index in [0.29, 0.717) is 12.1 Å². The molecule has 15 heavy (non-hydrogen) atoms. The van der Waals surface area contributed by atoms with Gasteiger partial charge in [0.25, 0.3) is 10.0 Å². The fraction of sp³-hybridized carbons (Fsp3) is 0.333. The number of aryl methyl sites for hydroxylation is 1. The van der Waals surface area contributed by atoms with Crippen molar-refractivity contribution < 1.29 is 13.3 Å². The summed E-state index contributed by atoms with van der Waals surface area (Å²) in [6.07, 6.45) is 0.525. The van der Waals surface area contributed by atoms with Crippen molar-refractivity contribution in [2.24, 2.45) is 0 Å². The van der Waals surface area contributed by atoms with Crippen molar-refractivity contribution in [3.8, 4) is 0 Å². The lowest BCUT2D eigenvalue weighted by Gasteiger charge is -2.27. The second-order valence-corrected chi connectivity index (χ2v) is 6.07. The summed E-state index contributed by atoms with van der Waals surface area (Å²) in [5, 5.41) is 0. The molecule has 0 radical (unpaired) electrons. The van der Waals surface area contributed by atoms with Gasteiger partial charge in [-0.1, -0.05) is 15.9 Å². The summed E-state index contributed by atoms with van der Waals surface area (Å²) in [5.74, 6) is 0.0876. The van der Waals surface area contributed by atoms with Gasteiger partial charge in [0.05, 0.1) is 18.6 Å². The van der Waals surface area contributed by atoms with Gasteiger partial charge in [-0.3, -0.25) is 4.84 Å². The van der Waals surface area contributed by atoms with Crippen LogP contribution in [0.15, 0.2) is 22.7 Å². The molecule has 0 amide bonds. The molecular formula is C9H10BrNO3S. The third kappa shape index (κ3) is 1.89. The summed E-state index contributed by atoms with van der Waals surface area (Å²) in [7, 11) is -1.95. The normalized spacial score (nSPS) is 18.7. The highest BCUT2D eigenvalue weighted by Gasteiger charge is 2.29. The SMILES string of the molecule is CON1c2ccc(Br)cc2CCS1(=O)=O. The minimum Gasteiger partial charge on any atom is -0.262 e. The molecule has 2 rings (SSSR count). The zero-order valence-corrected chi connectivity index (χ0v) is 10.5. The fourth-order valence-corrected chi connectivity index (χ4v) is 3.37. The molecule has 82 valence electrons. The molecule has 4 nitrogen and oxygen atoms in total. The predicted octanol–water partition coefficient (Wildman–Crippen LogP) is 1.70. The Labute approximate surface area is 97.0 Å². The van der Waals surface area contributed by atoms with Gasteiger partial charge in [0, 0.05) is 4.47 Å². The van der Waals surface area contributed by atoms with Crippen molar-refractivity contribution in [2.45, 2.75) is 6.42 Å². The van der Waals surface area contributed by atoms with Crippen LogP contribution in [-0.4, -0.2) is 21.3 Å². The number of anilines is 1. The molecular weight excluding hydrogens is 282 g/mol. The Morgan fingerprint density at radius 1 is 1.47 bits per heavy atom. The van der Waals surface area contributed by atoms with Crippen molar-refractivity contribution in [1.82, 2.24) is 0 Å². The van der Waals surface area contributed by atoms with Crippen LogP contribution in [0.1, 0.15) is 5.56 Å². The Morgan fingerprint density at radius 3 is 2.87 bits per heavy atom. The molecule has 0 aromatic heterocycles. The molecule has 0 fully saturated rings. The highest BCUT2D eigenvalue weighted by atomic mass is 79.9. The number of halogens is 1. The van der Waals surface area contributed by atoms with E-state index in [-0.39, 0.29) is 5.75 Å². The van der Waals surface area contributed by atoms with E-state index in [9.17, 15) is 8.42 Å². The molecule has 1 aliphatic heterocycles. The van der Waals surface area contributed by atoms with Gasteiger partial charge in [-0.15, -0.1) is 4.47 Å². The lowest BCUT2D eigenvalue weighted by atomic mass is 10.1. The van der Waals surface area contributed by atoms with Crippen LogP contribution in [-0.2, 0) is 21.3 Å². The molecule has 1 aromatic carbocycles. The molecule has 0 bridgehead atoms. The zero-order chi connectivity index (χ0) is 11.1. The lowest BCUT2D eigenvalue weighted by molar-refractivity contribution is 0.214. The molecule has 6 heteroatoms. The summed E-state index contributed by atoms with van der Waals surface area (Å²) in [6.45, 7) is 0. The second kappa shape index (κ2) is 3.77. The number of benzene rings is 1. The number of rotatable bonds is 1. The first-order chi connectivity index (χ1) is 7.04. The maximum Gasteiger partial charge on any atom is 0.257 e. The molecule has 0 atom stereocenters. The van der Waals surface area contributed by atoms with Gasteiger partial charge >= 0.3 is 0 Å². The standard InChI is InChI=1S/C9H10BrNO3S/c1-14-11-9-3-2-8(10)6-7(9)4-5-15(11,12)13/h2-3,6H,4-5H2,1H3. The Hall–Kier alpha value is -0.590. The van der Waals surface area contributed by atoms with Crippen LogP contribution in [0.5, 0.6) is 0 Å². The molecule has 1 heterocycles. The van der Waals surface area contributed by atoms with Crippen LogP contribution in [0.4, 0.5) is 5.69 Å². The van der Waals surface area contributed by atoms with E-state index < -0.39 is 10.0 Å². The van der Waals surface area contributed by atoms with E-state index in [0.717, 1.165) is 14.5 Å². The topological polar surface area (TPSA) is 46.6 Å². The van der Waals surface area contributed by atoms with E-state index in [1.54, 1.807) is 12.1 Å². The first-order valence-electron chi connectivity index (χ1n) is 4.40. The molecule has 0 unspecified atom stereocenters. The summed E-state index contributed by atoms with van der Waals surface area (Å²) < 4.78 is 25.2. The van der Waals surface area contributed by atoms with Gasteiger partial charge in [-0.25, -0.2) is 8.42 Å². The summed E-state index contributed by atoms with van der Waals surface area (Å²) >= 11 is 3.35. The van der Waals surface area contributed by atoms with Crippen LogP contribution in [0.2, 0.25) is 0 Å². The first kappa shape index (κ1) is 10.9. The number of nitrogens with zero attached hydrogens (tertiary/aromatic N) is 1. The minimum atomic E-state index is -3.30. The Kier molecular flexibility index (Phi) is 2.74. The van der Waals surface area contributed by atoms with Crippen molar-refractivity contribution in [3.05, 3.63) is 28.2 Å². The van der Waals surface area contributed by atoms with Gasteiger partial charge in [0.1, 0.15) is 0 Å². The third-order valence-electron chi connectivity index (χ3n) is 2.29. The Morgan fingerprint density at radius 2 is 2.20 bits per heavy atom. The summed E-state index contributed by atoms with van der Waals surface area (Å²) in [5.41, 5.74) is 1.58. The predicted molar refractivity (Wildman–Crippen MR) is 61.1 cm³/mol. The van der Waals surface area contributed by atoms with E-state index in [1.165, 1.54) is 7.11 Å². The quantitative estimate of drug-likeness (QED) is 0.791. The van der Waals surface area contributed by atoms with Crippen molar-refractivity contribution >= 4 is 31.6 Å². The van der Waals surface area contributed by atoms with Crippen LogP contribution < -0.4 is 4.47 Å². The summed E-state index contributed by atoms with van der Waals surface area (Å²) in [4.78, 5) is 4.90. The van der Waals surface area contributed by atoms with E-state index in [1.807, 2.05) is 6.07 Å². The minimum absolute atomic E-state index is 0.0876. The highest BCUT2D eigenvalue weighted by Crippen LogP contribution is 2.31. The average Bonchev–Trinajstić information content (AvgIpc) is 2.18. The molecule has 0 N–H and O–H groups in total. The van der Waals surface area contributed by atoms with Crippen LogP contribution in [0.25, 0.3) is 0 Å². The molecule has 0 saturated heterocycles. The fourth-order valence-electron chi connectivity index (χ4n) is 1.62. The van der Waals surface area contributed by atoms with Gasteiger partial charge in [0.2, 0.25) is 0 Å². The number of hydrogen-bond donors (Lipinski definition) is 0. The summed E-state index contributed by atoms with van der Waals surface area (Å²) in [6, 6.07) is 5.45. The maximum atomic E-state index is 11.6. The maximum absolute atomic E-state index is 11.6. The Balaban J connectivity index is 2.56. The van der Waals surface area contributed by atoms with Gasteiger partial charge in [0.15, 0.2) is 0 Å². The van der Waals surface area contributed by atoms with Crippen molar-refractivity contribution in [3.63, 3.8) is 0 Å². The van der Waals surface area contributed by atoms with Gasteiger partial charge in [-0.05, 0) is 30.2 Å². The van der Waals surface area contributed by atoms with E-state index in [2.05, 4.69) is 15.9 Å². The third-order valence-corrected chi connectivity index (χ3v) is 4.35. The molecule has 1 aromatic rings. The average molecular weight is 292 g/mol. The monoisotopic (exact) mass is 291 g/mol. The molecule has 0 aliphatic carbocycles. The van der Waals surface area contributed by atoms with E-state index >= 15 is 0 Å². The van der Waals surface area contributed by atoms with Crippen molar-refractivity contribution in [1.29, 1.82) is 0 Å². The second-order valence-electron chi connectivity index (χ2n) is 3.25. The highest BCUT2D eigenvalue weighted by molar-refractivity contribution is 9.10. The molecule has 0 spiro atoms. The van der Waals surface area contributed by atoms with Crippen LogP contribution in [0, 0.1) is 0 Å². The molecule has 1 aliphatic rings. The van der Waals surface area contributed by atoms with Crippen LogP contribution >= 0.6 is 15.9 Å².